The van der Waals surface area contributed by atoms with Crippen LogP contribution in [0.25, 0.3) is 21.0 Å². The van der Waals surface area contributed by atoms with Crippen LogP contribution >= 0.6 is 11.3 Å². The van der Waals surface area contributed by atoms with Gasteiger partial charge in [0.1, 0.15) is 47.1 Å². The number of ether oxygens (including phenoxy) is 6. The van der Waals surface area contributed by atoms with E-state index < -0.39 is 30.0 Å². The molecule has 0 aliphatic carbocycles. The van der Waals surface area contributed by atoms with Crippen LogP contribution in [0.2, 0.25) is 0 Å². The van der Waals surface area contributed by atoms with Crippen LogP contribution in [0.3, 0.4) is 0 Å². The molecule has 0 aliphatic rings. The summed E-state index contributed by atoms with van der Waals surface area (Å²) < 4.78 is 34.6. The molecule has 0 aliphatic heterocycles. The zero-order valence-electron chi connectivity index (χ0n) is 36.2. The summed E-state index contributed by atoms with van der Waals surface area (Å²) in [5.74, 6) is -1.18. The van der Waals surface area contributed by atoms with Crippen molar-refractivity contribution in [3.05, 3.63) is 156 Å². The van der Waals surface area contributed by atoms with Crippen LogP contribution in [-0.2, 0) is 30.2 Å². The molecule has 64 heavy (non-hydrogen) atoms. The number of fused-ring (bicyclic) bond motifs is 3. The summed E-state index contributed by atoms with van der Waals surface area (Å²) in [4.78, 5) is 60.0. The Balaban J connectivity index is 1.19. The van der Waals surface area contributed by atoms with Crippen LogP contribution in [-0.4, -0.2) is 66.6 Å². The maximum Gasteiger partial charge on any atom is 0.343 e. The van der Waals surface area contributed by atoms with Gasteiger partial charge in [-0.25, -0.2) is 24.2 Å². The van der Waals surface area contributed by atoms with Crippen molar-refractivity contribution >= 4 is 62.4 Å². The van der Waals surface area contributed by atoms with Crippen molar-refractivity contribution < 1.29 is 47.6 Å². The van der Waals surface area contributed by atoms with Gasteiger partial charge in [0.2, 0.25) is 0 Å². The summed E-state index contributed by atoms with van der Waals surface area (Å²) in [7, 11) is 0. The highest BCUT2D eigenvalue weighted by Crippen LogP contribution is 2.35. The first-order valence-electron chi connectivity index (χ1n) is 20.8. The first kappa shape index (κ1) is 46.4. The molecule has 0 radical (unpaired) electrons. The molecule has 6 rings (SSSR count). The minimum atomic E-state index is -0.924. The zero-order valence-corrected chi connectivity index (χ0v) is 37.1. The van der Waals surface area contributed by atoms with Crippen molar-refractivity contribution in [2.45, 2.75) is 64.7 Å². The van der Waals surface area contributed by atoms with Crippen molar-refractivity contribution in [1.29, 1.82) is 0 Å². The van der Waals surface area contributed by atoms with E-state index in [4.69, 9.17) is 38.4 Å². The number of aliphatic imine (C=N–C) groups is 1. The van der Waals surface area contributed by atoms with Crippen LogP contribution in [0.5, 0.6) is 17.2 Å². The Kier molecular flexibility index (Phi) is 15.8. The molecule has 2 unspecified atom stereocenters. The van der Waals surface area contributed by atoms with Crippen LogP contribution in [0.4, 0.5) is 0 Å². The van der Waals surface area contributed by atoms with E-state index in [0.29, 0.717) is 29.0 Å². The number of benzene rings is 5. The van der Waals surface area contributed by atoms with Gasteiger partial charge in [-0.05, 0) is 105 Å². The molecule has 6 aromatic rings. The van der Waals surface area contributed by atoms with Crippen molar-refractivity contribution in [2.24, 2.45) is 4.99 Å². The first-order valence-corrected chi connectivity index (χ1v) is 21.6. The third-order valence-electron chi connectivity index (χ3n) is 9.51. The van der Waals surface area contributed by atoms with Crippen molar-refractivity contribution in [3.63, 3.8) is 0 Å². The van der Waals surface area contributed by atoms with E-state index in [1.54, 1.807) is 60.0 Å². The second-order valence-electron chi connectivity index (χ2n) is 15.6. The highest BCUT2D eigenvalue weighted by Gasteiger charge is 2.20. The first-order chi connectivity index (χ1) is 30.8. The zero-order chi connectivity index (χ0) is 45.6. The number of thiazole rings is 1. The van der Waals surface area contributed by atoms with Gasteiger partial charge >= 0.3 is 23.9 Å². The standard InChI is InChI=1S/C51H50N2O10S/c1-7-12-42(48-53-47-41-14-11-10-13-34(41)20-26-44(47)64-48)52-30-37-29-33(27-28-58-49(56)35-18-23-39(24-19-35)63-51(4,5)6)15-25-43(37)62-50(57)36-16-21-38(22-17-36)59-31-40(61-46(55)9-3)32-60-45(54)8-2/h8-11,13-26,29-30,40,42H,2-3,7,12,27-28,31-32H2,1,4-6H3/b52-30+. The lowest BCUT2D eigenvalue weighted by molar-refractivity contribution is -0.154. The lowest BCUT2D eigenvalue weighted by atomic mass is 10.1. The Morgan fingerprint density at radius 2 is 1.50 bits per heavy atom. The third-order valence-corrected chi connectivity index (χ3v) is 10.6. The van der Waals surface area contributed by atoms with E-state index in [-0.39, 0.29) is 42.8 Å². The number of carbonyl (C=O) groups excluding carboxylic acids is 4. The van der Waals surface area contributed by atoms with Gasteiger partial charge in [0.15, 0.2) is 6.10 Å². The average Bonchev–Trinajstić information content (AvgIpc) is 3.74. The summed E-state index contributed by atoms with van der Waals surface area (Å²) in [6.45, 7) is 14.4. The molecule has 0 spiro atoms. The highest BCUT2D eigenvalue weighted by atomic mass is 32.1. The molecule has 1 aromatic heterocycles. The van der Waals surface area contributed by atoms with E-state index in [1.165, 1.54) is 12.1 Å². The molecule has 0 fully saturated rings. The van der Waals surface area contributed by atoms with Crippen LogP contribution in [0.15, 0.2) is 133 Å². The second kappa shape index (κ2) is 21.8. The van der Waals surface area contributed by atoms with Crippen LogP contribution < -0.4 is 14.2 Å². The van der Waals surface area contributed by atoms with E-state index in [2.05, 4.69) is 44.3 Å². The maximum absolute atomic E-state index is 13.6. The highest BCUT2D eigenvalue weighted by molar-refractivity contribution is 7.18. The SMILES string of the molecule is C=CC(=O)OCC(COc1ccc(C(=O)Oc2ccc(CCOC(=O)c3ccc(OC(C)(C)C)cc3)cc2/C=N/C(CCC)c2nc3c(ccc4ccccc43)s2)cc1)OC(=O)C=C. The smallest absolute Gasteiger partial charge is 0.343 e. The Morgan fingerprint density at radius 1 is 0.797 bits per heavy atom. The van der Waals surface area contributed by atoms with Crippen LogP contribution in [0, 0.1) is 0 Å². The van der Waals surface area contributed by atoms with Gasteiger partial charge in [-0.2, -0.15) is 0 Å². The Bertz CT molecular complexity index is 2650. The molecular weight excluding hydrogens is 833 g/mol. The summed E-state index contributed by atoms with van der Waals surface area (Å²) >= 11 is 1.61. The molecule has 0 bridgehead atoms. The quantitative estimate of drug-likeness (QED) is 0.0237. The third kappa shape index (κ3) is 13.0. The predicted molar refractivity (Wildman–Crippen MR) is 248 cm³/mol. The molecule has 2 atom stereocenters. The van der Waals surface area contributed by atoms with E-state index in [1.807, 2.05) is 45.0 Å². The minimum Gasteiger partial charge on any atom is -0.490 e. The van der Waals surface area contributed by atoms with Crippen molar-refractivity contribution in [3.8, 4) is 17.2 Å². The number of aromatic nitrogens is 1. The molecule has 5 aromatic carbocycles. The topological polar surface area (TPSA) is 149 Å². The Hall–Kier alpha value is -7.12. The van der Waals surface area contributed by atoms with Gasteiger partial charge in [-0.3, -0.25) is 4.99 Å². The Morgan fingerprint density at radius 3 is 2.20 bits per heavy atom. The van der Waals surface area contributed by atoms with Crippen LogP contribution in [0.1, 0.15) is 83.4 Å². The molecule has 1 heterocycles. The predicted octanol–water partition coefficient (Wildman–Crippen LogP) is 10.4. The molecule has 0 saturated heterocycles. The minimum absolute atomic E-state index is 0.110. The normalized spacial score (nSPS) is 12.3. The fourth-order valence-electron chi connectivity index (χ4n) is 6.43. The van der Waals surface area contributed by atoms with Crippen molar-refractivity contribution in [1.82, 2.24) is 4.98 Å². The fourth-order valence-corrected chi connectivity index (χ4v) is 7.49. The lowest BCUT2D eigenvalue weighted by Gasteiger charge is -2.21. The number of esters is 4. The molecule has 12 nitrogen and oxygen atoms in total. The average molecular weight is 883 g/mol. The molecule has 13 heteroatoms. The summed E-state index contributed by atoms with van der Waals surface area (Å²) in [5, 5.41) is 3.08. The second-order valence-corrected chi connectivity index (χ2v) is 16.6. The van der Waals surface area contributed by atoms with Crippen molar-refractivity contribution in [2.75, 3.05) is 19.8 Å². The van der Waals surface area contributed by atoms with Gasteiger partial charge in [-0.15, -0.1) is 11.3 Å². The summed E-state index contributed by atoms with van der Waals surface area (Å²) in [6, 6.07) is 30.5. The van der Waals surface area contributed by atoms with E-state index >= 15 is 0 Å². The lowest BCUT2D eigenvalue weighted by Crippen LogP contribution is -2.30. The van der Waals surface area contributed by atoms with Gasteiger partial charge in [0, 0.05) is 35.7 Å². The molecule has 330 valence electrons. The number of hydrogen-bond acceptors (Lipinski definition) is 13. The van der Waals surface area contributed by atoms with Gasteiger partial charge in [0.25, 0.3) is 0 Å². The number of carbonyl (C=O) groups is 4. The van der Waals surface area contributed by atoms with E-state index in [0.717, 1.165) is 56.6 Å². The molecular formula is C51H50N2O10S. The number of rotatable bonds is 20. The largest absolute Gasteiger partial charge is 0.490 e. The fraction of sp³-hybridized carbons (Fsp3) is 0.255. The Labute approximate surface area is 376 Å². The molecule has 0 saturated carbocycles. The molecule has 0 amide bonds. The summed E-state index contributed by atoms with van der Waals surface area (Å²) in [6.07, 6.45) is 4.77. The monoisotopic (exact) mass is 882 g/mol. The van der Waals surface area contributed by atoms with Gasteiger partial charge in [0.05, 0.1) is 28.0 Å². The van der Waals surface area contributed by atoms with E-state index in [9.17, 15) is 19.2 Å². The number of hydrogen-bond donors (Lipinski definition) is 0. The number of nitrogens with zero attached hydrogens (tertiary/aromatic N) is 2. The van der Waals surface area contributed by atoms with Gasteiger partial charge < -0.3 is 28.4 Å². The summed E-state index contributed by atoms with van der Waals surface area (Å²) in [5.41, 5.74) is 2.61. The maximum atomic E-state index is 13.6. The molecule has 0 N–H and O–H groups in total. The van der Waals surface area contributed by atoms with Gasteiger partial charge in [-0.1, -0.05) is 62.9 Å².